The molecule has 4 amide bonds. The molecule has 2 aromatic rings. The summed E-state index contributed by atoms with van der Waals surface area (Å²) in [6.45, 7) is 3.65. The summed E-state index contributed by atoms with van der Waals surface area (Å²) in [5.41, 5.74) is 0.677. The van der Waals surface area contributed by atoms with Crippen LogP contribution in [0.15, 0.2) is 18.2 Å². The molecule has 142 valence electrons. The number of carbonyl (C=O) groups is 3. The van der Waals surface area contributed by atoms with E-state index in [4.69, 9.17) is 0 Å². The van der Waals surface area contributed by atoms with Gasteiger partial charge in [-0.3, -0.25) is 14.5 Å². The minimum absolute atomic E-state index is 0.0766. The molecule has 7 nitrogen and oxygen atoms in total. The summed E-state index contributed by atoms with van der Waals surface area (Å²) < 4.78 is 0.982. The Labute approximate surface area is 161 Å². The molecular formula is C19H22N4O3S. The first-order valence-electron chi connectivity index (χ1n) is 9.20. The van der Waals surface area contributed by atoms with Crippen molar-refractivity contribution < 1.29 is 14.4 Å². The van der Waals surface area contributed by atoms with Crippen molar-refractivity contribution in [3.63, 3.8) is 0 Å². The maximum absolute atomic E-state index is 12.9. The van der Waals surface area contributed by atoms with E-state index < -0.39 is 11.6 Å². The van der Waals surface area contributed by atoms with Gasteiger partial charge in [0.05, 0.1) is 15.2 Å². The van der Waals surface area contributed by atoms with Crippen LogP contribution in [0.25, 0.3) is 10.2 Å². The van der Waals surface area contributed by atoms with E-state index in [0.717, 1.165) is 39.4 Å². The van der Waals surface area contributed by atoms with Crippen molar-refractivity contribution in [1.29, 1.82) is 0 Å². The molecule has 2 atom stereocenters. The number of anilines is 1. The fourth-order valence-electron chi connectivity index (χ4n) is 4.10. The molecule has 1 aliphatic heterocycles. The fourth-order valence-corrected chi connectivity index (χ4v) is 4.97. The highest BCUT2D eigenvalue weighted by molar-refractivity contribution is 7.18. The third-order valence-corrected chi connectivity index (χ3v) is 6.52. The van der Waals surface area contributed by atoms with Gasteiger partial charge in [0.15, 0.2) is 0 Å². The average molecular weight is 386 g/mol. The summed E-state index contributed by atoms with van der Waals surface area (Å²) in [6.07, 6.45) is 3.51. The summed E-state index contributed by atoms with van der Waals surface area (Å²) in [6, 6.07) is 5.00. The Morgan fingerprint density at radius 1 is 1.41 bits per heavy atom. The average Bonchev–Trinajstić information content (AvgIpc) is 3.10. The summed E-state index contributed by atoms with van der Waals surface area (Å²) in [7, 11) is 0. The number of hydrogen-bond acceptors (Lipinski definition) is 5. The molecule has 2 fully saturated rings. The lowest BCUT2D eigenvalue weighted by Gasteiger charge is -2.36. The quantitative estimate of drug-likeness (QED) is 0.793. The number of fused-ring (bicyclic) bond motifs is 1. The summed E-state index contributed by atoms with van der Waals surface area (Å²) in [4.78, 5) is 43.2. The predicted octanol–water partition coefficient (Wildman–Crippen LogP) is 3.04. The number of hydrogen-bond donors (Lipinski definition) is 2. The molecule has 1 saturated carbocycles. The van der Waals surface area contributed by atoms with Crippen LogP contribution in [0.2, 0.25) is 0 Å². The van der Waals surface area contributed by atoms with Crippen molar-refractivity contribution in [2.24, 2.45) is 5.92 Å². The van der Waals surface area contributed by atoms with Crippen LogP contribution in [0, 0.1) is 12.8 Å². The minimum Gasteiger partial charge on any atom is -0.324 e. The van der Waals surface area contributed by atoms with Crippen LogP contribution in [0.1, 0.15) is 37.6 Å². The number of nitrogens with one attached hydrogen (secondary N) is 2. The van der Waals surface area contributed by atoms with Gasteiger partial charge >= 0.3 is 6.03 Å². The fraction of sp³-hybridized carbons (Fsp3) is 0.474. The number of aryl methyl sites for hydroxylation is 1. The number of nitrogens with zero attached hydrogens (tertiary/aromatic N) is 2. The van der Waals surface area contributed by atoms with Crippen molar-refractivity contribution >= 4 is 45.1 Å². The van der Waals surface area contributed by atoms with Crippen molar-refractivity contribution in [2.45, 2.75) is 45.1 Å². The third kappa shape index (κ3) is 3.07. The van der Waals surface area contributed by atoms with E-state index in [1.807, 2.05) is 26.0 Å². The Hall–Kier alpha value is -2.48. The molecule has 2 N–H and O–H groups in total. The van der Waals surface area contributed by atoms with Crippen molar-refractivity contribution in [2.75, 3.05) is 11.9 Å². The molecule has 0 bridgehead atoms. The van der Waals surface area contributed by atoms with E-state index >= 15 is 0 Å². The van der Waals surface area contributed by atoms with Gasteiger partial charge in [0.2, 0.25) is 5.91 Å². The molecule has 1 saturated heterocycles. The number of carbonyl (C=O) groups excluding carboxylic acids is 3. The monoisotopic (exact) mass is 386 g/mol. The lowest BCUT2D eigenvalue weighted by Crippen LogP contribution is -2.54. The first kappa shape index (κ1) is 17.9. The van der Waals surface area contributed by atoms with Gasteiger partial charge in [0.1, 0.15) is 12.1 Å². The minimum atomic E-state index is -0.839. The number of imide groups is 1. The summed E-state index contributed by atoms with van der Waals surface area (Å²) in [5, 5.41) is 6.60. The second-order valence-electron chi connectivity index (χ2n) is 7.40. The van der Waals surface area contributed by atoms with Crippen LogP contribution in [-0.4, -0.2) is 39.8 Å². The molecule has 1 aromatic heterocycles. The Kier molecular flexibility index (Phi) is 4.38. The zero-order chi connectivity index (χ0) is 19.2. The third-order valence-electron chi connectivity index (χ3n) is 5.58. The van der Waals surface area contributed by atoms with Gasteiger partial charge in [-0.1, -0.05) is 19.8 Å². The standard InChI is InChI=1S/C19H22N4O3S/c1-11-5-3-4-8-19(11)17(25)23(18(26)22-19)10-16(24)21-13-6-7-14-15(9-13)27-12(2)20-14/h6-7,9,11H,3-5,8,10H2,1-2H3,(H,21,24)(H,22,26)/t11-,19+/m0/s1. The van der Waals surface area contributed by atoms with E-state index in [2.05, 4.69) is 15.6 Å². The lowest BCUT2D eigenvalue weighted by molar-refractivity contribution is -0.136. The van der Waals surface area contributed by atoms with Gasteiger partial charge in [-0.2, -0.15) is 0 Å². The Morgan fingerprint density at radius 2 is 2.22 bits per heavy atom. The van der Waals surface area contributed by atoms with Gasteiger partial charge in [0.25, 0.3) is 5.91 Å². The lowest BCUT2D eigenvalue weighted by atomic mass is 9.73. The van der Waals surface area contributed by atoms with Crippen LogP contribution in [0.5, 0.6) is 0 Å². The first-order chi connectivity index (χ1) is 12.9. The zero-order valence-corrected chi connectivity index (χ0v) is 16.2. The second-order valence-corrected chi connectivity index (χ2v) is 8.64. The van der Waals surface area contributed by atoms with Crippen molar-refractivity contribution in [1.82, 2.24) is 15.2 Å². The molecule has 1 aromatic carbocycles. The van der Waals surface area contributed by atoms with Gasteiger partial charge in [-0.15, -0.1) is 11.3 Å². The molecule has 2 aliphatic rings. The second kappa shape index (κ2) is 6.60. The highest BCUT2D eigenvalue weighted by Crippen LogP contribution is 2.38. The highest BCUT2D eigenvalue weighted by atomic mass is 32.1. The normalized spacial score (nSPS) is 25.3. The van der Waals surface area contributed by atoms with Gasteiger partial charge < -0.3 is 10.6 Å². The molecule has 0 radical (unpaired) electrons. The summed E-state index contributed by atoms with van der Waals surface area (Å²) >= 11 is 1.55. The van der Waals surface area contributed by atoms with Gasteiger partial charge in [-0.25, -0.2) is 9.78 Å². The topological polar surface area (TPSA) is 91.4 Å². The molecule has 8 heteroatoms. The van der Waals surface area contributed by atoms with Crippen LogP contribution in [0.3, 0.4) is 0 Å². The van der Waals surface area contributed by atoms with Crippen LogP contribution < -0.4 is 10.6 Å². The maximum atomic E-state index is 12.9. The van der Waals surface area contributed by atoms with Crippen molar-refractivity contribution in [3.8, 4) is 0 Å². The van der Waals surface area contributed by atoms with Crippen LogP contribution in [-0.2, 0) is 9.59 Å². The number of thiazole rings is 1. The highest BCUT2D eigenvalue weighted by Gasteiger charge is 2.55. The molecule has 1 spiro atoms. The van der Waals surface area contributed by atoms with Crippen LogP contribution in [0.4, 0.5) is 10.5 Å². The smallest absolute Gasteiger partial charge is 0.324 e. The number of amides is 4. The molecule has 4 rings (SSSR count). The van der Waals surface area contributed by atoms with Gasteiger partial charge in [-0.05, 0) is 43.9 Å². The molecule has 1 aliphatic carbocycles. The van der Waals surface area contributed by atoms with E-state index in [9.17, 15) is 14.4 Å². The van der Waals surface area contributed by atoms with E-state index in [-0.39, 0.29) is 24.3 Å². The number of urea groups is 1. The van der Waals surface area contributed by atoms with E-state index in [1.54, 1.807) is 17.4 Å². The maximum Gasteiger partial charge on any atom is 0.325 e. The van der Waals surface area contributed by atoms with Crippen LogP contribution >= 0.6 is 11.3 Å². The number of benzene rings is 1. The Morgan fingerprint density at radius 3 is 3.00 bits per heavy atom. The predicted molar refractivity (Wildman–Crippen MR) is 104 cm³/mol. The molecule has 2 heterocycles. The largest absolute Gasteiger partial charge is 0.325 e. The Balaban J connectivity index is 1.47. The zero-order valence-electron chi connectivity index (χ0n) is 15.4. The number of rotatable bonds is 3. The summed E-state index contributed by atoms with van der Waals surface area (Å²) in [5.74, 6) is -0.587. The van der Waals surface area contributed by atoms with E-state index in [0.29, 0.717) is 12.1 Å². The van der Waals surface area contributed by atoms with Crippen molar-refractivity contribution in [3.05, 3.63) is 23.2 Å². The Bertz CT molecular complexity index is 940. The first-order valence-corrected chi connectivity index (χ1v) is 10.0. The van der Waals surface area contributed by atoms with E-state index in [1.165, 1.54) is 0 Å². The number of aromatic nitrogens is 1. The molecule has 27 heavy (non-hydrogen) atoms. The molecular weight excluding hydrogens is 364 g/mol. The van der Waals surface area contributed by atoms with Gasteiger partial charge in [0, 0.05) is 5.69 Å². The SMILES string of the molecule is Cc1nc2ccc(NC(=O)CN3C(=O)N[C@@]4(CCCC[C@@H]4C)C3=O)cc2s1. The molecule has 0 unspecified atom stereocenters.